The van der Waals surface area contributed by atoms with Crippen LogP contribution in [-0.2, 0) is 0 Å². The van der Waals surface area contributed by atoms with E-state index in [1.807, 2.05) is 0 Å². The number of carbonyl (C=O) groups excluding carboxylic acids is 2. The van der Waals surface area contributed by atoms with Gasteiger partial charge in [0.2, 0.25) is 0 Å². The number of ketones is 2. The van der Waals surface area contributed by atoms with Crippen molar-refractivity contribution in [2.45, 2.75) is 12.8 Å². The molecule has 2 aromatic rings. The molecule has 0 spiro atoms. The summed E-state index contributed by atoms with van der Waals surface area (Å²) in [5, 5.41) is 0. The van der Waals surface area contributed by atoms with E-state index in [1.54, 1.807) is 62.8 Å². The summed E-state index contributed by atoms with van der Waals surface area (Å²) in [6.45, 7) is 3.48. The monoisotopic (exact) mass is 632 g/mol. The van der Waals surface area contributed by atoms with Gasteiger partial charge in [-0.3, -0.25) is 9.59 Å². The second-order valence-corrected chi connectivity index (χ2v) is 11.0. The van der Waals surface area contributed by atoms with Crippen molar-refractivity contribution >= 4 is 58.0 Å². The summed E-state index contributed by atoms with van der Waals surface area (Å²) in [4.78, 5) is 31.7. The molecule has 0 aliphatic heterocycles. The maximum absolute atomic E-state index is 13.8. The third-order valence-electron chi connectivity index (χ3n) is 6.91. The van der Waals surface area contributed by atoms with Gasteiger partial charge in [0, 0.05) is 85.8 Å². The first-order chi connectivity index (χ1) is 19.4. The quantitative estimate of drug-likeness (QED) is 0.118. The molecular formula is C30H40Cl4N2O4. The Morgan fingerprint density at radius 3 is 1.15 bits per heavy atom. The minimum atomic E-state index is -0.347. The molecule has 0 fully saturated rings. The first kappa shape index (κ1) is 34.7. The molecule has 0 aliphatic carbocycles. The number of alkyl halides is 4. The molecule has 2 aromatic carbocycles. The molecule has 0 aromatic heterocycles. The normalized spacial score (nSPS) is 12.9. The van der Waals surface area contributed by atoms with Crippen molar-refractivity contribution in [3.63, 3.8) is 0 Å². The first-order valence-corrected chi connectivity index (χ1v) is 15.6. The van der Waals surface area contributed by atoms with E-state index in [4.69, 9.17) is 55.9 Å². The molecule has 222 valence electrons. The maximum Gasteiger partial charge on any atom is 0.167 e. The van der Waals surface area contributed by atoms with Gasteiger partial charge in [-0.2, -0.15) is 0 Å². The van der Waals surface area contributed by atoms with Gasteiger partial charge in [-0.1, -0.05) is 0 Å². The average molecular weight is 634 g/mol. The highest BCUT2D eigenvalue weighted by molar-refractivity contribution is 6.18. The molecule has 10 heteroatoms. The summed E-state index contributed by atoms with van der Waals surface area (Å²) in [5.41, 5.74) is 1.21. The van der Waals surface area contributed by atoms with Crippen molar-refractivity contribution in [1.29, 1.82) is 0 Å². The minimum Gasteiger partial charge on any atom is -0.497 e. The fraction of sp³-hybridized carbons (Fsp3) is 0.533. The standard InChI is InChI=1S/C30H40Cl4N2O4/c1-39-27-9-5-23(6-10-27)29(37)25(21-35(17-13-31)18-14-32)3-4-26(22-36(19-15-33)20-16-34)30(38)24-7-11-28(40-2)12-8-24/h5-12,25-26H,3-4,13-22H2,1-2H3/t25-,26-/m1/s1. The number of halogens is 4. The second-order valence-electron chi connectivity index (χ2n) is 9.51. The third kappa shape index (κ3) is 11.4. The highest BCUT2D eigenvalue weighted by Crippen LogP contribution is 2.25. The zero-order chi connectivity index (χ0) is 29.3. The summed E-state index contributed by atoms with van der Waals surface area (Å²) in [7, 11) is 3.18. The number of nitrogens with zero attached hydrogens (tertiary/aromatic N) is 2. The zero-order valence-electron chi connectivity index (χ0n) is 23.3. The van der Waals surface area contributed by atoms with Crippen LogP contribution in [0.3, 0.4) is 0 Å². The van der Waals surface area contributed by atoms with Crippen LogP contribution < -0.4 is 9.47 Å². The van der Waals surface area contributed by atoms with Gasteiger partial charge in [-0.05, 0) is 61.4 Å². The molecule has 0 amide bonds. The predicted octanol–water partition coefficient (Wildman–Crippen LogP) is 6.34. The molecule has 40 heavy (non-hydrogen) atoms. The van der Waals surface area contributed by atoms with Crippen molar-refractivity contribution in [3.05, 3.63) is 59.7 Å². The van der Waals surface area contributed by atoms with Gasteiger partial charge in [0.05, 0.1) is 14.2 Å². The van der Waals surface area contributed by atoms with Crippen molar-refractivity contribution in [2.24, 2.45) is 11.8 Å². The van der Waals surface area contributed by atoms with Crippen LogP contribution in [-0.4, -0.2) is 98.4 Å². The first-order valence-electron chi connectivity index (χ1n) is 13.5. The van der Waals surface area contributed by atoms with E-state index in [-0.39, 0.29) is 23.4 Å². The number of benzene rings is 2. The Labute approximate surface area is 258 Å². The largest absolute Gasteiger partial charge is 0.497 e. The molecule has 0 heterocycles. The molecule has 0 radical (unpaired) electrons. The van der Waals surface area contributed by atoms with Crippen LogP contribution in [0.1, 0.15) is 33.6 Å². The summed E-state index contributed by atoms with van der Waals surface area (Å²) in [6.07, 6.45) is 1.04. The van der Waals surface area contributed by atoms with Gasteiger partial charge >= 0.3 is 0 Å². The van der Waals surface area contributed by atoms with E-state index in [1.165, 1.54) is 0 Å². The number of carbonyl (C=O) groups is 2. The summed E-state index contributed by atoms with van der Waals surface area (Å²) in [6, 6.07) is 14.3. The molecule has 0 bridgehead atoms. The lowest BCUT2D eigenvalue weighted by Gasteiger charge is -2.29. The number of hydrogen-bond donors (Lipinski definition) is 0. The van der Waals surface area contributed by atoms with E-state index in [0.717, 1.165) is 0 Å². The number of Topliss-reactive ketones (excluding diaryl/α,β-unsaturated/α-hetero) is 2. The topological polar surface area (TPSA) is 59.1 Å². The Balaban J connectivity index is 2.34. The lowest BCUT2D eigenvalue weighted by molar-refractivity contribution is 0.0816. The number of rotatable bonds is 21. The number of methoxy groups -OCH3 is 2. The van der Waals surface area contributed by atoms with E-state index in [9.17, 15) is 9.59 Å². The van der Waals surface area contributed by atoms with Crippen LogP contribution in [0.2, 0.25) is 0 Å². The molecule has 2 atom stereocenters. The summed E-state index contributed by atoms with van der Waals surface area (Å²) >= 11 is 24.2. The van der Waals surface area contributed by atoms with Crippen LogP contribution in [0.15, 0.2) is 48.5 Å². The Hall–Kier alpha value is -1.54. The van der Waals surface area contributed by atoms with Crippen molar-refractivity contribution in [2.75, 3.05) is 77.0 Å². The minimum absolute atomic E-state index is 0.0193. The van der Waals surface area contributed by atoms with Crippen LogP contribution in [0.4, 0.5) is 0 Å². The molecule has 0 saturated heterocycles. The van der Waals surface area contributed by atoms with Crippen molar-refractivity contribution in [1.82, 2.24) is 9.80 Å². The van der Waals surface area contributed by atoms with Gasteiger partial charge in [0.1, 0.15) is 11.5 Å². The van der Waals surface area contributed by atoms with E-state index in [2.05, 4.69) is 9.80 Å². The van der Waals surface area contributed by atoms with Crippen LogP contribution in [0, 0.1) is 11.8 Å². The van der Waals surface area contributed by atoms with Crippen molar-refractivity contribution in [3.8, 4) is 11.5 Å². The van der Waals surface area contributed by atoms with E-state index in [0.29, 0.717) is 98.3 Å². The van der Waals surface area contributed by atoms with Gasteiger partial charge < -0.3 is 19.3 Å². The summed E-state index contributed by atoms with van der Waals surface area (Å²) < 4.78 is 10.5. The van der Waals surface area contributed by atoms with E-state index < -0.39 is 0 Å². The third-order valence-corrected chi connectivity index (χ3v) is 7.59. The molecule has 0 saturated carbocycles. The molecule has 2 rings (SSSR count). The fourth-order valence-corrected chi connectivity index (χ4v) is 5.64. The SMILES string of the molecule is COc1ccc(C(=O)[C@H](CC[C@H](CN(CCCl)CCCl)C(=O)c2ccc(OC)cc2)CN(CCCl)CCCl)cc1. The van der Waals surface area contributed by atoms with Gasteiger partial charge in [-0.25, -0.2) is 0 Å². The Morgan fingerprint density at radius 1 is 0.600 bits per heavy atom. The Morgan fingerprint density at radius 2 is 0.900 bits per heavy atom. The Bertz CT molecular complexity index is 914. The van der Waals surface area contributed by atoms with Crippen LogP contribution in [0.25, 0.3) is 0 Å². The lowest BCUT2D eigenvalue weighted by atomic mass is 9.86. The predicted molar refractivity (Wildman–Crippen MR) is 167 cm³/mol. The Kier molecular flexibility index (Phi) is 16.9. The van der Waals surface area contributed by atoms with Crippen LogP contribution >= 0.6 is 46.4 Å². The van der Waals surface area contributed by atoms with Gasteiger partial charge in [0.15, 0.2) is 11.6 Å². The zero-order valence-corrected chi connectivity index (χ0v) is 26.3. The molecule has 6 nitrogen and oxygen atoms in total. The molecule has 0 N–H and O–H groups in total. The molecule has 0 unspecified atom stereocenters. The van der Waals surface area contributed by atoms with Gasteiger partial charge in [0.25, 0.3) is 0 Å². The highest BCUT2D eigenvalue weighted by Gasteiger charge is 2.28. The van der Waals surface area contributed by atoms with Gasteiger partial charge in [-0.15, -0.1) is 46.4 Å². The second kappa shape index (κ2) is 19.6. The number of ether oxygens (including phenoxy) is 2. The van der Waals surface area contributed by atoms with Crippen molar-refractivity contribution < 1.29 is 19.1 Å². The fourth-order valence-electron chi connectivity index (χ4n) is 4.69. The van der Waals surface area contributed by atoms with E-state index >= 15 is 0 Å². The van der Waals surface area contributed by atoms with Crippen LogP contribution in [0.5, 0.6) is 11.5 Å². The average Bonchev–Trinajstić information content (AvgIpc) is 2.98. The lowest BCUT2D eigenvalue weighted by Crippen LogP contribution is -2.38. The molecular weight excluding hydrogens is 594 g/mol. The molecule has 0 aliphatic rings. The maximum atomic E-state index is 13.8. The summed E-state index contributed by atoms with van der Waals surface area (Å²) in [5.74, 6) is 2.45. The number of hydrogen-bond acceptors (Lipinski definition) is 6. The highest BCUT2D eigenvalue weighted by atomic mass is 35.5. The smallest absolute Gasteiger partial charge is 0.167 e.